The quantitative estimate of drug-likeness (QED) is 0.257. The second-order valence-electron chi connectivity index (χ2n) is 8.32. The van der Waals surface area contributed by atoms with E-state index >= 15 is 0 Å². The molecule has 1 N–H and O–H groups in total. The third-order valence-electron chi connectivity index (χ3n) is 5.94. The van der Waals surface area contributed by atoms with E-state index in [0.717, 1.165) is 30.1 Å². The molecule has 0 amide bonds. The molecule has 1 aliphatic heterocycles. The van der Waals surface area contributed by atoms with Crippen molar-refractivity contribution in [3.63, 3.8) is 0 Å². The Morgan fingerprint density at radius 3 is 2.62 bits per heavy atom. The highest BCUT2D eigenvalue weighted by Gasteiger charge is 2.19. The van der Waals surface area contributed by atoms with Crippen molar-refractivity contribution >= 4 is 39.9 Å². The van der Waals surface area contributed by atoms with Crippen LogP contribution < -0.4 is 20.2 Å². The van der Waals surface area contributed by atoms with E-state index in [1.165, 1.54) is 16.5 Å². The van der Waals surface area contributed by atoms with Crippen molar-refractivity contribution in [2.75, 3.05) is 25.6 Å². The first kappa shape index (κ1) is 25.3. The summed E-state index contributed by atoms with van der Waals surface area (Å²) in [6, 6.07) is 15.5. The number of hydrogen-bond acceptors (Lipinski definition) is 6. The van der Waals surface area contributed by atoms with Crippen molar-refractivity contribution in [2.24, 2.45) is 0 Å². The summed E-state index contributed by atoms with van der Waals surface area (Å²) in [6.45, 7) is 2.99. The number of halogens is 3. The fraction of sp³-hybridized carbons (Fsp3) is 0.179. The molecular formula is C28H22ClF2NO4S. The fourth-order valence-corrected chi connectivity index (χ4v) is 5.14. The van der Waals surface area contributed by atoms with Crippen molar-refractivity contribution in [1.82, 2.24) is 5.32 Å². The van der Waals surface area contributed by atoms with Crippen LogP contribution in [0.5, 0.6) is 11.5 Å². The minimum absolute atomic E-state index is 0.00719. The second-order valence-corrected chi connectivity index (χ2v) is 9.80. The Labute approximate surface area is 221 Å². The summed E-state index contributed by atoms with van der Waals surface area (Å²) in [5.74, 6) is -0.789. The van der Waals surface area contributed by atoms with Gasteiger partial charge in [0.2, 0.25) is 11.2 Å². The highest BCUT2D eigenvalue weighted by molar-refractivity contribution is 8.03. The molecule has 9 heteroatoms. The zero-order valence-corrected chi connectivity index (χ0v) is 21.3. The lowest BCUT2D eigenvalue weighted by atomic mass is 10.1. The van der Waals surface area contributed by atoms with Gasteiger partial charge >= 0.3 is 0 Å². The third kappa shape index (κ3) is 5.37. The maximum Gasteiger partial charge on any atom is 0.235 e. The van der Waals surface area contributed by atoms with Crippen LogP contribution in [-0.4, -0.2) is 25.6 Å². The Morgan fingerprint density at radius 1 is 1.05 bits per heavy atom. The van der Waals surface area contributed by atoms with Crippen molar-refractivity contribution < 1.29 is 22.7 Å². The molecule has 0 saturated carbocycles. The van der Waals surface area contributed by atoms with Crippen molar-refractivity contribution in [2.45, 2.75) is 6.92 Å². The van der Waals surface area contributed by atoms with Crippen molar-refractivity contribution in [1.29, 1.82) is 0 Å². The van der Waals surface area contributed by atoms with E-state index in [1.54, 1.807) is 42.1 Å². The average Bonchev–Trinajstić information content (AvgIpc) is 3.44. The molecule has 0 aliphatic carbocycles. The smallest absolute Gasteiger partial charge is 0.235 e. The first-order valence-corrected chi connectivity index (χ1v) is 12.9. The SMILES string of the molecule is CC(=C1CNCS1)c1ccc(OCCOc2c(-c3ccc(F)c(F)c3)oc3ccccc3c2=O)c(Cl)c1. The van der Waals surface area contributed by atoms with Gasteiger partial charge in [0.15, 0.2) is 17.4 Å². The number of hydrogen-bond donors (Lipinski definition) is 1. The molecule has 1 saturated heterocycles. The molecule has 5 rings (SSSR count). The number of para-hydroxylation sites is 1. The minimum atomic E-state index is -1.06. The normalized spacial score (nSPS) is 14.7. The fourth-order valence-electron chi connectivity index (χ4n) is 3.99. The van der Waals surface area contributed by atoms with E-state index in [4.69, 9.17) is 25.5 Å². The number of thioether (sulfide) groups is 1. The van der Waals surface area contributed by atoms with Gasteiger partial charge in [0, 0.05) is 22.9 Å². The van der Waals surface area contributed by atoms with Crippen LogP contribution >= 0.6 is 23.4 Å². The molecule has 190 valence electrons. The Kier molecular flexibility index (Phi) is 7.50. The number of nitrogens with one attached hydrogen (secondary N) is 1. The first-order valence-electron chi connectivity index (χ1n) is 11.5. The van der Waals surface area contributed by atoms with Crippen LogP contribution in [0.1, 0.15) is 12.5 Å². The summed E-state index contributed by atoms with van der Waals surface area (Å²) in [7, 11) is 0. The second kappa shape index (κ2) is 11.0. The molecule has 0 spiro atoms. The zero-order valence-electron chi connectivity index (χ0n) is 19.8. The molecule has 0 bridgehead atoms. The molecule has 0 atom stereocenters. The van der Waals surface area contributed by atoms with Crippen LogP contribution in [0.3, 0.4) is 0 Å². The molecule has 37 heavy (non-hydrogen) atoms. The van der Waals surface area contributed by atoms with E-state index in [0.29, 0.717) is 21.7 Å². The highest BCUT2D eigenvalue weighted by atomic mass is 35.5. The molecule has 5 nitrogen and oxygen atoms in total. The maximum absolute atomic E-state index is 13.9. The summed E-state index contributed by atoms with van der Waals surface area (Å²) < 4.78 is 44.9. The molecule has 2 heterocycles. The van der Waals surface area contributed by atoms with Crippen LogP contribution in [0.2, 0.25) is 5.02 Å². The van der Waals surface area contributed by atoms with Crippen LogP contribution in [0.15, 0.2) is 74.8 Å². The van der Waals surface area contributed by atoms with Crippen molar-refractivity contribution in [3.05, 3.63) is 98.0 Å². The van der Waals surface area contributed by atoms with E-state index in [2.05, 4.69) is 12.2 Å². The number of ether oxygens (including phenoxy) is 2. The lowest BCUT2D eigenvalue weighted by Gasteiger charge is -2.14. The van der Waals surface area contributed by atoms with Gasteiger partial charge in [-0.25, -0.2) is 8.78 Å². The molecule has 1 fully saturated rings. The van der Waals surface area contributed by atoms with E-state index in [1.807, 2.05) is 12.1 Å². The van der Waals surface area contributed by atoms with E-state index < -0.39 is 17.1 Å². The van der Waals surface area contributed by atoms with Crippen molar-refractivity contribution in [3.8, 4) is 22.8 Å². The standard InChI is InChI=1S/C28H22ClF2NO4S/c1-16(25-14-32-15-37-25)17-7-9-24(20(29)12-17)34-10-11-35-28-26(33)19-4-2-3-5-23(19)36-27(28)18-6-8-21(30)22(31)13-18/h2-9,12-13,32H,10-11,14-15H2,1H3. The van der Waals surface area contributed by atoms with Crippen LogP contribution in [-0.2, 0) is 0 Å². The lowest BCUT2D eigenvalue weighted by molar-refractivity contribution is 0.214. The van der Waals surface area contributed by atoms with Gasteiger partial charge < -0.3 is 19.2 Å². The van der Waals surface area contributed by atoms with Gasteiger partial charge in [-0.3, -0.25) is 4.79 Å². The molecule has 0 radical (unpaired) electrons. The minimum Gasteiger partial charge on any atom is -0.488 e. The summed E-state index contributed by atoms with van der Waals surface area (Å²) in [5, 5.41) is 4.07. The number of fused-ring (bicyclic) bond motifs is 1. The summed E-state index contributed by atoms with van der Waals surface area (Å²) >= 11 is 8.24. The number of rotatable bonds is 7. The van der Waals surface area contributed by atoms with Crippen LogP contribution in [0.4, 0.5) is 8.78 Å². The zero-order chi connectivity index (χ0) is 25.9. The van der Waals surface area contributed by atoms with Gasteiger partial charge in [-0.2, -0.15) is 0 Å². The summed E-state index contributed by atoms with van der Waals surface area (Å²) in [4.78, 5) is 14.5. The first-order chi connectivity index (χ1) is 17.9. The summed E-state index contributed by atoms with van der Waals surface area (Å²) in [5.41, 5.74) is 2.24. The Hall–Kier alpha value is -3.33. The largest absolute Gasteiger partial charge is 0.488 e. The number of allylic oxidation sites excluding steroid dienone is 1. The van der Waals surface area contributed by atoms with E-state index in [-0.39, 0.29) is 30.3 Å². The van der Waals surface area contributed by atoms with Crippen LogP contribution in [0.25, 0.3) is 27.9 Å². The Bertz CT molecular complexity index is 1560. The average molecular weight is 542 g/mol. The topological polar surface area (TPSA) is 60.7 Å². The Balaban J connectivity index is 1.35. The molecule has 4 aromatic rings. The monoisotopic (exact) mass is 541 g/mol. The van der Waals surface area contributed by atoms with Gasteiger partial charge in [-0.1, -0.05) is 29.8 Å². The highest BCUT2D eigenvalue weighted by Crippen LogP contribution is 2.34. The predicted octanol–water partition coefficient (Wildman–Crippen LogP) is 6.87. The lowest BCUT2D eigenvalue weighted by Crippen LogP contribution is -2.15. The molecular weight excluding hydrogens is 520 g/mol. The predicted molar refractivity (Wildman–Crippen MR) is 143 cm³/mol. The third-order valence-corrected chi connectivity index (χ3v) is 7.39. The van der Waals surface area contributed by atoms with Crippen LogP contribution in [0, 0.1) is 11.6 Å². The van der Waals surface area contributed by atoms with Gasteiger partial charge in [0.25, 0.3) is 0 Å². The molecule has 1 aliphatic rings. The summed E-state index contributed by atoms with van der Waals surface area (Å²) in [6.07, 6.45) is 0. The Morgan fingerprint density at radius 2 is 1.86 bits per heavy atom. The maximum atomic E-state index is 13.9. The van der Waals surface area contributed by atoms with Gasteiger partial charge in [-0.05, 0) is 60.5 Å². The molecule has 0 unspecified atom stereocenters. The van der Waals surface area contributed by atoms with Gasteiger partial charge in [0.1, 0.15) is 24.5 Å². The van der Waals surface area contributed by atoms with Gasteiger partial charge in [-0.15, -0.1) is 11.8 Å². The molecule has 1 aromatic heterocycles. The van der Waals surface area contributed by atoms with Gasteiger partial charge in [0.05, 0.1) is 10.4 Å². The van der Waals surface area contributed by atoms with E-state index in [9.17, 15) is 13.6 Å². The molecule has 3 aromatic carbocycles. The number of benzene rings is 3.